The minimum atomic E-state index is -1.00. The first-order valence-corrected chi connectivity index (χ1v) is 26.2. The number of piperazine rings is 1. The smallest absolute Gasteiger partial charge is 0.255 e. The van der Waals surface area contributed by atoms with E-state index in [-0.39, 0.29) is 63.7 Å². The highest BCUT2D eigenvalue weighted by Gasteiger charge is 2.44. The molecule has 76 heavy (non-hydrogen) atoms. The Morgan fingerprint density at radius 2 is 1.58 bits per heavy atom. The summed E-state index contributed by atoms with van der Waals surface area (Å²) < 4.78 is 11.2. The molecule has 2 saturated heterocycles. The Labute approximate surface area is 446 Å². The number of carbonyl (C=O) groups excluding carboxylic acids is 5. The van der Waals surface area contributed by atoms with Crippen LogP contribution in [0.2, 0.25) is 0 Å². The lowest BCUT2D eigenvalue weighted by atomic mass is 9.85. The van der Waals surface area contributed by atoms with Crippen LogP contribution in [0.1, 0.15) is 59.9 Å². The second-order valence-electron chi connectivity index (χ2n) is 20.0. The molecule has 398 valence electrons. The van der Waals surface area contributed by atoms with Crippen molar-refractivity contribution in [1.29, 1.82) is 0 Å². The molecule has 5 N–H and O–H groups in total. The topological polar surface area (TPSA) is 233 Å². The number of aliphatic hydroxyl groups excluding tert-OH is 1. The maximum Gasteiger partial charge on any atom is 0.255 e. The number of aromatic nitrogens is 4. The maximum atomic E-state index is 14.0. The molecular weight excluding hydrogens is 987 g/mol. The number of anilines is 3. The van der Waals surface area contributed by atoms with Crippen LogP contribution in [-0.4, -0.2) is 147 Å². The van der Waals surface area contributed by atoms with Gasteiger partial charge in [0.2, 0.25) is 29.6 Å². The second kappa shape index (κ2) is 25.4. The molecule has 2 fully saturated rings. The Balaban J connectivity index is 0.710. The molecule has 0 radical (unpaired) electrons. The third-order valence-corrected chi connectivity index (χ3v) is 14.2. The highest BCUT2D eigenvalue weighted by molar-refractivity contribution is 7.13. The molecule has 3 aromatic heterocycles. The lowest BCUT2D eigenvalue weighted by molar-refractivity contribution is -0.144. The number of hydrogen-bond acceptors (Lipinski definition) is 15. The van der Waals surface area contributed by atoms with Crippen LogP contribution in [0.4, 0.5) is 17.3 Å². The SMILES string of the molecule is Cc1ccc(NC(=O)c2ccc(CN3CCN(C(=O)COCCOCC(=O)NC(C(=O)N4CC(O)CC4C(=O)NCc4ccc(-c5scnc5C)cc4)C(C)(C)C)CC3)cc2)cc1Nc1nccc(-c2cccnc2)n1. The molecule has 0 spiro atoms. The van der Waals surface area contributed by atoms with E-state index in [4.69, 9.17) is 9.47 Å². The summed E-state index contributed by atoms with van der Waals surface area (Å²) in [6.07, 6.45) is 4.32. The lowest BCUT2D eigenvalue weighted by Crippen LogP contribution is -2.58. The van der Waals surface area contributed by atoms with Gasteiger partial charge < -0.3 is 45.6 Å². The highest BCUT2D eigenvalue weighted by atomic mass is 32.1. The number of thiazole rings is 1. The van der Waals surface area contributed by atoms with E-state index in [0.29, 0.717) is 49.9 Å². The molecular formula is C56H65N11O8S. The Kier molecular flexibility index (Phi) is 18.3. The summed E-state index contributed by atoms with van der Waals surface area (Å²) in [5.41, 5.74) is 9.46. The third-order valence-electron chi connectivity index (χ3n) is 13.2. The molecule has 2 aliphatic rings. The van der Waals surface area contributed by atoms with Gasteiger partial charge in [-0.2, -0.15) is 0 Å². The van der Waals surface area contributed by atoms with Gasteiger partial charge in [-0.3, -0.25) is 33.9 Å². The molecule has 6 aromatic rings. The summed E-state index contributed by atoms with van der Waals surface area (Å²) in [5.74, 6) is -1.35. The number of likely N-dealkylation sites (tertiary alicyclic amines) is 1. The van der Waals surface area contributed by atoms with E-state index in [9.17, 15) is 29.1 Å². The number of ether oxygens (including phenoxy) is 2. The molecule has 3 aromatic carbocycles. The van der Waals surface area contributed by atoms with Gasteiger partial charge in [-0.25, -0.2) is 15.0 Å². The van der Waals surface area contributed by atoms with Crippen LogP contribution in [0.3, 0.4) is 0 Å². The van der Waals surface area contributed by atoms with Crippen molar-refractivity contribution in [1.82, 2.24) is 45.3 Å². The first-order valence-electron chi connectivity index (χ1n) is 25.3. The van der Waals surface area contributed by atoms with Gasteiger partial charge in [-0.15, -0.1) is 11.3 Å². The fourth-order valence-corrected chi connectivity index (χ4v) is 9.76. The van der Waals surface area contributed by atoms with Crippen molar-refractivity contribution in [3.8, 4) is 21.7 Å². The van der Waals surface area contributed by atoms with Gasteiger partial charge >= 0.3 is 0 Å². The zero-order valence-corrected chi connectivity index (χ0v) is 44.3. The average molecular weight is 1050 g/mol. The number of benzene rings is 3. The van der Waals surface area contributed by atoms with Crippen molar-refractivity contribution in [2.24, 2.45) is 5.41 Å². The zero-order valence-electron chi connectivity index (χ0n) is 43.5. The summed E-state index contributed by atoms with van der Waals surface area (Å²) in [5, 5.41) is 22.6. The molecule has 8 rings (SSSR count). The van der Waals surface area contributed by atoms with Crippen molar-refractivity contribution in [3.63, 3.8) is 0 Å². The molecule has 2 aliphatic heterocycles. The molecule has 0 aliphatic carbocycles. The van der Waals surface area contributed by atoms with E-state index < -0.39 is 35.4 Å². The average Bonchev–Trinajstić information content (AvgIpc) is 4.04. The summed E-state index contributed by atoms with van der Waals surface area (Å²) in [6.45, 7) is 12.3. The number of β-amino-alcohol motifs (C(OH)–C–C–N with tert-alkyl or cyclic N) is 1. The second-order valence-corrected chi connectivity index (χ2v) is 20.9. The number of hydrogen-bond donors (Lipinski definition) is 5. The molecule has 3 unspecified atom stereocenters. The molecule has 0 bridgehead atoms. The zero-order chi connectivity index (χ0) is 53.8. The monoisotopic (exact) mass is 1050 g/mol. The normalized spacial score (nSPS) is 16.2. The number of aryl methyl sites for hydroxylation is 2. The summed E-state index contributed by atoms with van der Waals surface area (Å²) >= 11 is 1.56. The summed E-state index contributed by atoms with van der Waals surface area (Å²) in [7, 11) is 0. The Hall–Kier alpha value is -7.49. The third kappa shape index (κ3) is 14.7. The standard InChI is InChI=1S/C56H65N11O8S/c1-36-8-17-43(27-46(36)63-55-58-20-18-45(62-55)42-7-6-19-57-30-42)61-52(71)41-15-11-39(12-16-41)31-65-21-23-66(24-22-65)49(70)34-75-26-25-74-33-48(69)64-51(56(3,4)5)54(73)67-32-44(68)28-47(67)53(72)59-29-38-9-13-40(14-10-38)50-37(2)60-35-76-50/h6-20,27,30,35,44,47,51,68H,21-26,28-29,31-34H2,1-5H3,(H,59,72)(H,61,71)(H,64,69)(H,58,62,63). The largest absolute Gasteiger partial charge is 0.391 e. The summed E-state index contributed by atoms with van der Waals surface area (Å²) in [4.78, 5) is 90.8. The maximum absolute atomic E-state index is 14.0. The van der Waals surface area contributed by atoms with Crippen molar-refractivity contribution in [3.05, 3.63) is 137 Å². The number of nitrogens with zero attached hydrogens (tertiary/aromatic N) is 7. The van der Waals surface area contributed by atoms with Crippen LogP contribution in [0.5, 0.6) is 0 Å². The van der Waals surface area contributed by atoms with Crippen LogP contribution < -0.4 is 21.3 Å². The number of nitrogens with one attached hydrogen (secondary N) is 4. The van der Waals surface area contributed by atoms with Crippen molar-refractivity contribution in [2.45, 2.75) is 72.3 Å². The van der Waals surface area contributed by atoms with Crippen molar-refractivity contribution in [2.75, 3.05) is 69.8 Å². The Bertz CT molecular complexity index is 2960. The van der Waals surface area contributed by atoms with Gasteiger partial charge in [0.15, 0.2) is 0 Å². The molecule has 0 saturated carbocycles. The predicted molar refractivity (Wildman–Crippen MR) is 289 cm³/mol. The van der Waals surface area contributed by atoms with Crippen LogP contribution in [-0.2, 0) is 41.7 Å². The van der Waals surface area contributed by atoms with E-state index >= 15 is 0 Å². The van der Waals surface area contributed by atoms with Gasteiger partial charge in [0.1, 0.15) is 25.3 Å². The first-order chi connectivity index (χ1) is 36.6. The number of pyridine rings is 1. The number of amides is 5. The van der Waals surface area contributed by atoms with E-state index in [2.05, 4.69) is 46.1 Å². The fraction of sp³-hybridized carbons (Fsp3) is 0.375. The minimum Gasteiger partial charge on any atom is -0.391 e. The number of carbonyl (C=O) groups is 5. The molecule has 5 heterocycles. The molecule has 19 nitrogen and oxygen atoms in total. The van der Waals surface area contributed by atoms with E-state index in [1.807, 2.05) is 107 Å². The van der Waals surface area contributed by atoms with Crippen LogP contribution in [0, 0.1) is 19.3 Å². The van der Waals surface area contributed by atoms with E-state index in [0.717, 1.165) is 49.8 Å². The van der Waals surface area contributed by atoms with Crippen LogP contribution in [0.15, 0.2) is 109 Å². The number of rotatable bonds is 20. The predicted octanol–water partition coefficient (Wildman–Crippen LogP) is 5.76. The first kappa shape index (κ1) is 54.8. The quantitative estimate of drug-likeness (QED) is 0.0573. The molecule has 20 heteroatoms. The summed E-state index contributed by atoms with van der Waals surface area (Å²) in [6, 6.07) is 24.6. The van der Waals surface area contributed by atoms with Gasteiger partial charge in [-0.05, 0) is 84.0 Å². The minimum absolute atomic E-state index is 0.0393. The van der Waals surface area contributed by atoms with Crippen LogP contribution in [0.25, 0.3) is 21.7 Å². The van der Waals surface area contributed by atoms with Crippen molar-refractivity contribution >= 4 is 58.2 Å². The number of aliphatic hydroxyl groups is 1. The van der Waals surface area contributed by atoms with Gasteiger partial charge in [0.05, 0.1) is 41.1 Å². The molecule has 3 atom stereocenters. The van der Waals surface area contributed by atoms with Crippen molar-refractivity contribution < 1.29 is 38.6 Å². The Morgan fingerprint density at radius 3 is 2.28 bits per heavy atom. The molecule has 5 amide bonds. The Morgan fingerprint density at radius 1 is 0.842 bits per heavy atom. The van der Waals surface area contributed by atoms with Gasteiger partial charge in [-0.1, -0.05) is 63.2 Å². The van der Waals surface area contributed by atoms with Gasteiger partial charge in [0.25, 0.3) is 5.91 Å². The highest BCUT2D eigenvalue weighted by Crippen LogP contribution is 2.29. The van der Waals surface area contributed by atoms with E-state index in [1.54, 1.807) is 52.5 Å². The van der Waals surface area contributed by atoms with Crippen LogP contribution >= 0.6 is 11.3 Å². The lowest BCUT2D eigenvalue weighted by Gasteiger charge is -2.35. The van der Waals surface area contributed by atoms with Gasteiger partial charge in [0, 0.05) is 93.3 Å². The fourth-order valence-electron chi connectivity index (χ4n) is 8.94. The van der Waals surface area contributed by atoms with E-state index in [1.165, 1.54) is 4.90 Å².